The van der Waals surface area contributed by atoms with Crippen molar-refractivity contribution in [3.8, 4) is 5.82 Å². The Morgan fingerprint density at radius 1 is 1.11 bits per heavy atom. The molecule has 0 fully saturated rings. The van der Waals surface area contributed by atoms with Crippen molar-refractivity contribution in [2.24, 2.45) is 0 Å². The Balaban J connectivity index is 1.59. The highest BCUT2D eigenvalue weighted by atomic mass is 16.2. The zero-order valence-electron chi connectivity index (χ0n) is 16.2. The van der Waals surface area contributed by atoms with E-state index in [9.17, 15) is 9.59 Å². The molecule has 0 unspecified atom stereocenters. The topological polar surface area (TPSA) is 88.9 Å². The highest BCUT2D eigenvalue weighted by Crippen LogP contribution is 2.15. The number of anilines is 1. The second kappa shape index (κ2) is 8.47. The average molecular weight is 377 g/mol. The van der Waals surface area contributed by atoms with Gasteiger partial charge in [-0.05, 0) is 50.1 Å². The van der Waals surface area contributed by atoms with Gasteiger partial charge < -0.3 is 10.6 Å². The number of nitrogens with zero attached hydrogens (tertiary/aromatic N) is 3. The van der Waals surface area contributed by atoms with Crippen molar-refractivity contribution in [3.63, 3.8) is 0 Å². The van der Waals surface area contributed by atoms with Gasteiger partial charge in [-0.25, -0.2) is 9.67 Å². The molecule has 0 aliphatic heterocycles. The summed E-state index contributed by atoms with van der Waals surface area (Å²) in [6.07, 6.45) is 2.29. The molecule has 0 aliphatic rings. The maximum Gasteiger partial charge on any atom is 0.253 e. The third-order valence-electron chi connectivity index (χ3n) is 4.32. The SMILES string of the molecule is CCc1ccccc1NC(=O)CNC(=O)c1ccc(-n2nc(C)cc2C)nc1. The van der Waals surface area contributed by atoms with E-state index in [-0.39, 0.29) is 18.4 Å². The molecule has 3 aromatic rings. The third-order valence-corrected chi connectivity index (χ3v) is 4.32. The minimum Gasteiger partial charge on any atom is -0.343 e. The van der Waals surface area contributed by atoms with Gasteiger partial charge in [-0.15, -0.1) is 0 Å². The molecule has 0 radical (unpaired) electrons. The minimum atomic E-state index is -0.355. The lowest BCUT2D eigenvalue weighted by molar-refractivity contribution is -0.115. The zero-order chi connectivity index (χ0) is 20.1. The lowest BCUT2D eigenvalue weighted by Gasteiger charge is -2.10. The predicted molar refractivity (Wildman–Crippen MR) is 108 cm³/mol. The molecular formula is C21H23N5O2. The van der Waals surface area contributed by atoms with Crippen LogP contribution in [0.15, 0.2) is 48.7 Å². The van der Waals surface area contributed by atoms with Crippen molar-refractivity contribution in [1.82, 2.24) is 20.1 Å². The fraction of sp³-hybridized carbons (Fsp3) is 0.238. The van der Waals surface area contributed by atoms with Gasteiger partial charge in [0, 0.05) is 17.6 Å². The van der Waals surface area contributed by atoms with E-state index in [1.165, 1.54) is 6.20 Å². The lowest BCUT2D eigenvalue weighted by atomic mass is 10.1. The number of pyridine rings is 1. The average Bonchev–Trinajstić information content (AvgIpc) is 3.04. The molecule has 2 N–H and O–H groups in total. The molecule has 3 rings (SSSR count). The van der Waals surface area contributed by atoms with E-state index >= 15 is 0 Å². The standard InChI is InChI=1S/C21H23N5O2/c1-4-16-7-5-6-8-18(16)24-20(27)13-23-21(28)17-9-10-19(22-12-17)26-15(3)11-14(2)25-26/h5-12H,4,13H2,1-3H3,(H,23,28)(H,24,27). The van der Waals surface area contributed by atoms with E-state index < -0.39 is 0 Å². The molecule has 2 amide bonds. The number of carbonyl (C=O) groups excluding carboxylic acids is 2. The highest BCUT2D eigenvalue weighted by molar-refractivity contribution is 5.99. The van der Waals surface area contributed by atoms with Crippen molar-refractivity contribution in [1.29, 1.82) is 0 Å². The number of nitrogens with one attached hydrogen (secondary N) is 2. The van der Waals surface area contributed by atoms with Crippen LogP contribution >= 0.6 is 0 Å². The molecule has 2 heterocycles. The summed E-state index contributed by atoms with van der Waals surface area (Å²) in [6.45, 7) is 5.76. The van der Waals surface area contributed by atoms with Crippen LogP contribution in [0.25, 0.3) is 5.82 Å². The smallest absolute Gasteiger partial charge is 0.253 e. The summed E-state index contributed by atoms with van der Waals surface area (Å²) in [4.78, 5) is 28.7. The van der Waals surface area contributed by atoms with Crippen LogP contribution in [0.5, 0.6) is 0 Å². The minimum absolute atomic E-state index is 0.115. The molecule has 28 heavy (non-hydrogen) atoms. The van der Waals surface area contributed by atoms with Crippen molar-refractivity contribution in [2.75, 3.05) is 11.9 Å². The Hall–Kier alpha value is -3.48. The van der Waals surface area contributed by atoms with Crippen molar-refractivity contribution in [3.05, 3.63) is 71.2 Å². The highest BCUT2D eigenvalue weighted by Gasteiger charge is 2.11. The number of hydrogen-bond acceptors (Lipinski definition) is 4. The number of amides is 2. The first kappa shape index (κ1) is 19.3. The van der Waals surface area contributed by atoms with Crippen molar-refractivity contribution in [2.45, 2.75) is 27.2 Å². The summed E-state index contributed by atoms with van der Waals surface area (Å²) in [5.41, 5.74) is 4.06. The van der Waals surface area contributed by atoms with Crippen molar-refractivity contribution >= 4 is 17.5 Å². The summed E-state index contributed by atoms with van der Waals surface area (Å²) < 4.78 is 1.72. The van der Waals surface area contributed by atoms with Crippen LogP contribution in [0.3, 0.4) is 0 Å². The van der Waals surface area contributed by atoms with Crippen LogP contribution < -0.4 is 10.6 Å². The number of para-hydroxylation sites is 1. The number of hydrogen-bond donors (Lipinski definition) is 2. The molecule has 2 aromatic heterocycles. The Labute approximate surface area is 163 Å². The van der Waals surface area contributed by atoms with Gasteiger partial charge in [-0.3, -0.25) is 9.59 Å². The predicted octanol–water partition coefficient (Wildman–Crippen LogP) is 2.82. The van der Waals surface area contributed by atoms with Gasteiger partial charge in [0.15, 0.2) is 5.82 Å². The Morgan fingerprint density at radius 2 is 1.89 bits per heavy atom. The van der Waals surface area contributed by atoms with Crippen LogP contribution in [0.4, 0.5) is 5.69 Å². The molecule has 0 bridgehead atoms. The molecule has 1 aromatic carbocycles. The lowest BCUT2D eigenvalue weighted by Crippen LogP contribution is -2.33. The quantitative estimate of drug-likeness (QED) is 0.691. The van der Waals surface area contributed by atoms with E-state index in [1.54, 1.807) is 16.8 Å². The normalized spacial score (nSPS) is 10.5. The van der Waals surface area contributed by atoms with Crippen LogP contribution in [0.2, 0.25) is 0 Å². The Kier molecular flexibility index (Phi) is 5.84. The molecular weight excluding hydrogens is 354 g/mol. The van der Waals surface area contributed by atoms with Gasteiger partial charge in [0.05, 0.1) is 17.8 Å². The summed E-state index contributed by atoms with van der Waals surface area (Å²) in [7, 11) is 0. The second-order valence-electron chi connectivity index (χ2n) is 6.49. The van der Waals surface area contributed by atoms with E-state index in [4.69, 9.17) is 0 Å². The number of rotatable bonds is 6. The van der Waals surface area contributed by atoms with Crippen molar-refractivity contribution < 1.29 is 9.59 Å². The van der Waals surface area contributed by atoms with E-state index in [2.05, 4.69) is 20.7 Å². The number of benzene rings is 1. The van der Waals surface area contributed by atoms with Gasteiger partial charge in [0.25, 0.3) is 5.91 Å². The summed E-state index contributed by atoms with van der Waals surface area (Å²) in [5.74, 6) is 0.00359. The van der Waals surface area contributed by atoms with E-state index in [0.29, 0.717) is 11.4 Å². The maximum atomic E-state index is 12.3. The number of carbonyl (C=O) groups is 2. The first-order chi connectivity index (χ1) is 13.5. The third kappa shape index (κ3) is 4.43. The molecule has 0 saturated carbocycles. The number of aryl methyl sites for hydroxylation is 3. The second-order valence-corrected chi connectivity index (χ2v) is 6.49. The van der Waals surface area contributed by atoms with Crippen LogP contribution in [0.1, 0.15) is 34.2 Å². The first-order valence-electron chi connectivity index (χ1n) is 9.13. The summed E-state index contributed by atoms with van der Waals surface area (Å²) in [6, 6.07) is 13.0. The van der Waals surface area contributed by atoms with E-state index in [1.807, 2.05) is 51.1 Å². The summed E-state index contributed by atoms with van der Waals surface area (Å²) in [5, 5.41) is 9.81. The summed E-state index contributed by atoms with van der Waals surface area (Å²) >= 11 is 0. The zero-order valence-corrected chi connectivity index (χ0v) is 16.2. The van der Waals surface area contributed by atoms with Gasteiger partial charge in [0.2, 0.25) is 5.91 Å². The van der Waals surface area contributed by atoms with Crippen LogP contribution in [0, 0.1) is 13.8 Å². The first-order valence-corrected chi connectivity index (χ1v) is 9.13. The molecule has 0 saturated heterocycles. The number of aromatic nitrogens is 3. The molecule has 0 spiro atoms. The monoisotopic (exact) mass is 377 g/mol. The van der Waals surface area contributed by atoms with Crippen LogP contribution in [-0.2, 0) is 11.2 Å². The molecule has 7 heteroatoms. The molecule has 7 nitrogen and oxygen atoms in total. The van der Waals surface area contributed by atoms with E-state index in [0.717, 1.165) is 29.1 Å². The van der Waals surface area contributed by atoms with Crippen LogP contribution in [-0.4, -0.2) is 33.1 Å². The largest absolute Gasteiger partial charge is 0.343 e. The molecule has 0 aliphatic carbocycles. The van der Waals surface area contributed by atoms with Gasteiger partial charge >= 0.3 is 0 Å². The van der Waals surface area contributed by atoms with Gasteiger partial charge in [-0.2, -0.15) is 5.10 Å². The Morgan fingerprint density at radius 3 is 2.54 bits per heavy atom. The van der Waals surface area contributed by atoms with Gasteiger partial charge in [-0.1, -0.05) is 25.1 Å². The fourth-order valence-corrected chi connectivity index (χ4v) is 2.91. The molecule has 144 valence electrons. The maximum absolute atomic E-state index is 12.3. The molecule has 0 atom stereocenters. The van der Waals surface area contributed by atoms with Gasteiger partial charge in [0.1, 0.15) is 0 Å². The Bertz CT molecular complexity index is 992. The fourth-order valence-electron chi connectivity index (χ4n) is 2.91.